The molecule has 0 amide bonds. The highest BCUT2D eigenvalue weighted by Gasteiger charge is 2.04. The second-order valence-electron chi connectivity index (χ2n) is 6.38. The van der Waals surface area contributed by atoms with E-state index in [4.69, 9.17) is 0 Å². The number of fused-ring (bicyclic) bond motifs is 14. The Bertz CT molecular complexity index is 320. The zero-order chi connectivity index (χ0) is 14.0. The Labute approximate surface area is 124 Å². The van der Waals surface area contributed by atoms with Gasteiger partial charge in [0.25, 0.3) is 0 Å². The lowest BCUT2D eigenvalue weighted by atomic mass is 10.0. The van der Waals surface area contributed by atoms with E-state index in [1.807, 2.05) is 0 Å². The van der Waals surface area contributed by atoms with Gasteiger partial charge in [-0.15, -0.1) is 0 Å². The van der Waals surface area contributed by atoms with Gasteiger partial charge in [-0.3, -0.25) is 0 Å². The first kappa shape index (κ1) is 15.6. The molecule has 0 heterocycles. The van der Waals surface area contributed by atoms with Crippen molar-refractivity contribution in [1.29, 1.82) is 0 Å². The van der Waals surface area contributed by atoms with Crippen LogP contribution in [0.5, 0.6) is 0 Å². The summed E-state index contributed by atoms with van der Waals surface area (Å²) < 4.78 is 0. The molecule has 1 aromatic carbocycles. The summed E-state index contributed by atoms with van der Waals surface area (Å²) in [4.78, 5) is 0. The first-order valence-electron chi connectivity index (χ1n) is 8.60. The van der Waals surface area contributed by atoms with Gasteiger partial charge in [-0.25, -0.2) is 0 Å². The zero-order valence-corrected chi connectivity index (χ0v) is 12.8. The highest BCUT2D eigenvalue weighted by molar-refractivity contribution is 5.22. The van der Waals surface area contributed by atoms with Gasteiger partial charge in [-0.05, 0) is 49.7 Å². The third-order valence-corrected chi connectivity index (χ3v) is 4.53. The molecule has 1 nitrogen and oxygen atoms in total. The van der Waals surface area contributed by atoms with Crippen LogP contribution in [0.3, 0.4) is 0 Å². The molecule has 0 radical (unpaired) electrons. The average Bonchev–Trinajstić information content (AvgIpc) is 2.47. The maximum Gasteiger partial charge on any atom is 0.0540 e. The second kappa shape index (κ2) is 9.18. The minimum Gasteiger partial charge on any atom is -0.393 e. The van der Waals surface area contributed by atoms with Crippen LogP contribution < -0.4 is 0 Å². The summed E-state index contributed by atoms with van der Waals surface area (Å²) in [7, 11) is 0. The number of aliphatic hydroxyl groups excluding tert-OH is 1. The van der Waals surface area contributed by atoms with Crippen LogP contribution in [0.15, 0.2) is 24.3 Å². The van der Waals surface area contributed by atoms with Crippen LogP contribution in [0, 0.1) is 0 Å². The van der Waals surface area contributed by atoms with Crippen LogP contribution >= 0.6 is 0 Å². The molecule has 2 aliphatic rings. The van der Waals surface area contributed by atoms with E-state index in [2.05, 4.69) is 24.3 Å². The number of hydrogen-bond acceptors (Lipinski definition) is 1. The molecule has 0 saturated carbocycles. The largest absolute Gasteiger partial charge is 0.393 e. The van der Waals surface area contributed by atoms with Crippen molar-refractivity contribution in [2.24, 2.45) is 0 Å². The highest BCUT2D eigenvalue weighted by atomic mass is 16.3. The standard InChI is InChI=1S/C19H30O/c20-19-11-7-3-1-5-9-17-13-15-18(16-14-17)10-6-2-4-8-12-19/h13-16,19-20H,1-12H2. The molecular formula is C19H30O. The normalized spacial score (nSPS) is 20.6. The fourth-order valence-corrected chi connectivity index (χ4v) is 3.14. The van der Waals surface area contributed by atoms with Gasteiger partial charge in [-0.2, -0.15) is 0 Å². The Kier molecular flexibility index (Phi) is 7.14. The quantitative estimate of drug-likeness (QED) is 0.702. The van der Waals surface area contributed by atoms with Gasteiger partial charge in [-0.1, -0.05) is 62.8 Å². The molecule has 0 aromatic heterocycles. The van der Waals surface area contributed by atoms with Gasteiger partial charge < -0.3 is 5.11 Å². The number of benzene rings is 1. The van der Waals surface area contributed by atoms with Crippen molar-refractivity contribution in [3.8, 4) is 0 Å². The predicted octanol–water partition coefficient (Wildman–Crippen LogP) is 5.05. The Morgan fingerprint density at radius 1 is 0.600 bits per heavy atom. The smallest absolute Gasteiger partial charge is 0.0540 e. The van der Waals surface area contributed by atoms with E-state index < -0.39 is 0 Å². The molecule has 0 fully saturated rings. The molecule has 2 bridgehead atoms. The van der Waals surface area contributed by atoms with Gasteiger partial charge in [0.2, 0.25) is 0 Å². The Hall–Kier alpha value is -0.820. The molecule has 112 valence electrons. The minimum absolute atomic E-state index is 0.0473. The van der Waals surface area contributed by atoms with E-state index in [9.17, 15) is 5.11 Å². The first-order valence-corrected chi connectivity index (χ1v) is 8.60. The van der Waals surface area contributed by atoms with Crippen molar-refractivity contribution in [3.63, 3.8) is 0 Å². The molecule has 0 aliphatic heterocycles. The van der Waals surface area contributed by atoms with Crippen LogP contribution in [0.25, 0.3) is 0 Å². The van der Waals surface area contributed by atoms with E-state index in [-0.39, 0.29) is 6.10 Å². The summed E-state index contributed by atoms with van der Waals surface area (Å²) >= 11 is 0. The van der Waals surface area contributed by atoms with Crippen molar-refractivity contribution in [3.05, 3.63) is 35.4 Å². The van der Waals surface area contributed by atoms with E-state index in [0.717, 1.165) is 12.8 Å². The SMILES string of the molecule is OC1CCCCCCc2ccc(cc2)CCCCCC1. The van der Waals surface area contributed by atoms with E-state index in [1.165, 1.54) is 75.3 Å². The maximum absolute atomic E-state index is 9.93. The molecular weight excluding hydrogens is 244 g/mol. The van der Waals surface area contributed by atoms with E-state index in [0.29, 0.717) is 0 Å². The summed E-state index contributed by atoms with van der Waals surface area (Å²) in [6, 6.07) is 9.27. The number of aryl methyl sites for hydroxylation is 2. The second-order valence-corrected chi connectivity index (χ2v) is 6.38. The Balaban J connectivity index is 1.83. The lowest BCUT2D eigenvalue weighted by Gasteiger charge is -2.10. The molecule has 1 aromatic rings. The Morgan fingerprint density at radius 2 is 1.00 bits per heavy atom. The minimum atomic E-state index is -0.0473. The molecule has 20 heavy (non-hydrogen) atoms. The van der Waals surface area contributed by atoms with Crippen LogP contribution in [-0.2, 0) is 12.8 Å². The third-order valence-electron chi connectivity index (χ3n) is 4.53. The van der Waals surface area contributed by atoms with Gasteiger partial charge in [0.15, 0.2) is 0 Å². The van der Waals surface area contributed by atoms with Crippen LogP contribution in [-0.4, -0.2) is 11.2 Å². The van der Waals surface area contributed by atoms with Crippen molar-refractivity contribution in [2.45, 2.75) is 83.2 Å². The Morgan fingerprint density at radius 3 is 1.45 bits per heavy atom. The molecule has 1 heteroatoms. The molecule has 0 spiro atoms. The van der Waals surface area contributed by atoms with Crippen molar-refractivity contribution in [2.75, 3.05) is 0 Å². The molecule has 0 atom stereocenters. The number of aliphatic hydroxyl groups is 1. The van der Waals surface area contributed by atoms with Crippen LogP contribution in [0.2, 0.25) is 0 Å². The van der Waals surface area contributed by atoms with Gasteiger partial charge in [0.1, 0.15) is 0 Å². The maximum atomic E-state index is 9.93. The lowest BCUT2D eigenvalue weighted by Crippen LogP contribution is -2.05. The average molecular weight is 274 g/mol. The first-order chi connectivity index (χ1) is 9.84. The highest BCUT2D eigenvalue weighted by Crippen LogP contribution is 2.16. The van der Waals surface area contributed by atoms with E-state index >= 15 is 0 Å². The third kappa shape index (κ3) is 6.09. The van der Waals surface area contributed by atoms with E-state index in [1.54, 1.807) is 0 Å². The summed E-state index contributed by atoms with van der Waals surface area (Å²) in [5, 5.41) is 9.93. The fourth-order valence-electron chi connectivity index (χ4n) is 3.14. The predicted molar refractivity (Wildman–Crippen MR) is 86.0 cm³/mol. The number of hydrogen-bond donors (Lipinski definition) is 1. The van der Waals surface area contributed by atoms with Crippen molar-refractivity contribution in [1.82, 2.24) is 0 Å². The van der Waals surface area contributed by atoms with Gasteiger partial charge in [0, 0.05) is 0 Å². The molecule has 0 unspecified atom stereocenters. The van der Waals surface area contributed by atoms with Crippen LogP contribution in [0.1, 0.15) is 75.3 Å². The van der Waals surface area contributed by atoms with Crippen molar-refractivity contribution < 1.29 is 5.11 Å². The summed E-state index contributed by atoms with van der Waals surface area (Å²) in [6.45, 7) is 0. The molecule has 1 N–H and O–H groups in total. The fraction of sp³-hybridized carbons (Fsp3) is 0.684. The summed E-state index contributed by atoms with van der Waals surface area (Å²) in [5.41, 5.74) is 2.97. The summed E-state index contributed by atoms with van der Waals surface area (Å²) in [5.74, 6) is 0. The lowest BCUT2D eigenvalue weighted by molar-refractivity contribution is 0.147. The molecule has 0 saturated heterocycles. The topological polar surface area (TPSA) is 20.2 Å². The number of rotatable bonds is 0. The molecule has 3 rings (SSSR count). The van der Waals surface area contributed by atoms with Gasteiger partial charge in [0.05, 0.1) is 6.10 Å². The summed E-state index contributed by atoms with van der Waals surface area (Å²) in [6.07, 6.45) is 14.5. The zero-order valence-electron chi connectivity index (χ0n) is 12.8. The monoisotopic (exact) mass is 274 g/mol. The molecule has 2 aliphatic carbocycles. The van der Waals surface area contributed by atoms with Gasteiger partial charge >= 0.3 is 0 Å². The van der Waals surface area contributed by atoms with Crippen LogP contribution in [0.4, 0.5) is 0 Å². The van der Waals surface area contributed by atoms with Crippen molar-refractivity contribution >= 4 is 0 Å².